The summed E-state index contributed by atoms with van der Waals surface area (Å²) < 4.78 is 11.7. The zero-order valence-electron chi connectivity index (χ0n) is 12.9. The molecule has 1 saturated heterocycles. The second kappa shape index (κ2) is 6.33. The van der Waals surface area contributed by atoms with Crippen molar-refractivity contribution >= 4 is 17.1 Å². The second-order valence-electron chi connectivity index (χ2n) is 6.58. The Bertz CT molecular complexity index is 402. The highest BCUT2D eigenvalue weighted by molar-refractivity contribution is 7.92. The van der Waals surface area contributed by atoms with Crippen LogP contribution in [-0.2, 0) is 16.0 Å². The summed E-state index contributed by atoms with van der Waals surface area (Å²) in [4.78, 5) is 14.0. The van der Waals surface area contributed by atoms with Gasteiger partial charge in [0.05, 0.1) is 6.07 Å². The molecule has 114 valence electrons. The molecule has 1 heterocycles. The van der Waals surface area contributed by atoms with E-state index in [1.807, 2.05) is 34.6 Å². The number of amides is 1. The van der Waals surface area contributed by atoms with Gasteiger partial charge in [0, 0.05) is 6.04 Å². The molecule has 2 N–H and O–H groups in total. The molecule has 6 heteroatoms. The van der Waals surface area contributed by atoms with Gasteiger partial charge in [-0.1, -0.05) is 6.92 Å². The quantitative estimate of drug-likeness (QED) is 0.787. The lowest BCUT2D eigenvalue weighted by Gasteiger charge is -2.31. The second-order valence-corrected chi connectivity index (χ2v) is 8.82. The number of nitrogens with zero attached hydrogens (tertiary/aromatic N) is 2. The standard InChI is InChI=1S/C14H25N3O2S/c1-9-6-11(7-15)17(10(9)2)13(18)12(16)8-20(19)14(3,4)5/h9-12H,6,8,16H2,1-5H3/t9-,10-,11-,12-,20?/m0/s1. The lowest BCUT2D eigenvalue weighted by Crippen LogP contribution is -2.52. The van der Waals surface area contributed by atoms with Crippen LogP contribution in [0.25, 0.3) is 0 Å². The lowest BCUT2D eigenvalue weighted by molar-refractivity contribution is -0.134. The summed E-state index contributed by atoms with van der Waals surface area (Å²) in [5.41, 5.74) is 5.93. The summed E-state index contributed by atoms with van der Waals surface area (Å²) in [5.74, 6) is 0.160. The first-order valence-corrected chi connectivity index (χ1v) is 8.27. The number of carbonyl (C=O) groups is 1. The number of rotatable bonds is 3. The molecule has 0 saturated carbocycles. The minimum Gasteiger partial charge on any atom is -0.616 e. The molecule has 20 heavy (non-hydrogen) atoms. The monoisotopic (exact) mass is 299 g/mol. The van der Waals surface area contributed by atoms with Crippen LogP contribution in [0.4, 0.5) is 0 Å². The molecule has 1 aliphatic rings. The highest BCUT2D eigenvalue weighted by atomic mass is 32.2. The van der Waals surface area contributed by atoms with Gasteiger partial charge in [-0.3, -0.25) is 4.79 Å². The van der Waals surface area contributed by atoms with Crippen LogP contribution < -0.4 is 5.73 Å². The molecular weight excluding hydrogens is 274 g/mol. The van der Waals surface area contributed by atoms with Crippen molar-refractivity contribution in [3.8, 4) is 6.07 Å². The van der Waals surface area contributed by atoms with Gasteiger partial charge in [0.2, 0.25) is 5.91 Å². The third kappa shape index (κ3) is 3.66. The molecule has 0 radical (unpaired) electrons. The van der Waals surface area contributed by atoms with Crippen molar-refractivity contribution in [2.45, 2.75) is 63.9 Å². The fourth-order valence-electron chi connectivity index (χ4n) is 2.37. The molecule has 1 fully saturated rings. The summed E-state index contributed by atoms with van der Waals surface area (Å²) in [6.45, 7) is 9.55. The Balaban J connectivity index is 2.76. The lowest BCUT2D eigenvalue weighted by atomic mass is 10.0. The largest absolute Gasteiger partial charge is 0.616 e. The molecule has 0 bridgehead atoms. The number of nitriles is 1. The Kier molecular flexibility index (Phi) is 5.47. The van der Waals surface area contributed by atoms with Crippen LogP contribution in [0, 0.1) is 17.2 Å². The van der Waals surface area contributed by atoms with E-state index in [0.717, 1.165) is 0 Å². The molecule has 0 spiro atoms. The fraction of sp³-hybridized carbons (Fsp3) is 0.857. The first-order chi connectivity index (χ1) is 9.09. The molecule has 0 aliphatic carbocycles. The average Bonchev–Trinajstić information content (AvgIpc) is 2.63. The van der Waals surface area contributed by atoms with Crippen LogP contribution in [0.15, 0.2) is 0 Å². The van der Waals surface area contributed by atoms with Crippen LogP contribution in [0.2, 0.25) is 0 Å². The minimum atomic E-state index is -1.18. The Morgan fingerprint density at radius 3 is 2.55 bits per heavy atom. The maximum atomic E-state index is 12.4. The van der Waals surface area contributed by atoms with Crippen molar-refractivity contribution in [1.29, 1.82) is 5.26 Å². The van der Waals surface area contributed by atoms with Gasteiger partial charge in [0.25, 0.3) is 0 Å². The van der Waals surface area contributed by atoms with Crippen LogP contribution in [0.1, 0.15) is 41.0 Å². The Morgan fingerprint density at radius 2 is 2.10 bits per heavy atom. The van der Waals surface area contributed by atoms with E-state index in [9.17, 15) is 9.35 Å². The number of hydrogen-bond acceptors (Lipinski definition) is 4. The summed E-state index contributed by atoms with van der Waals surface area (Å²) >= 11 is -1.18. The van der Waals surface area contributed by atoms with Crippen LogP contribution in [0.5, 0.6) is 0 Å². The summed E-state index contributed by atoms with van der Waals surface area (Å²) in [6.07, 6.45) is 0.679. The Labute approximate surface area is 124 Å². The van der Waals surface area contributed by atoms with E-state index in [2.05, 4.69) is 6.07 Å². The van der Waals surface area contributed by atoms with Crippen LogP contribution >= 0.6 is 0 Å². The number of hydrogen-bond donors (Lipinski definition) is 1. The van der Waals surface area contributed by atoms with Crippen LogP contribution in [0.3, 0.4) is 0 Å². The van der Waals surface area contributed by atoms with E-state index in [-0.39, 0.29) is 23.6 Å². The maximum Gasteiger partial charge on any atom is 0.245 e. The van der Waals surface area contributed by atoms with Gasteiger partial charge in [0.15, 0.2) is 0 Å². The van der Waals surface area contributed by atoms with E-state index in [1.165, 1.54) is 0 Å². The smallest absolute Gasteiger partial charge is 0.245 e. The minimum absolute atomic E-state index is 0.00118. The third-order valence-corrected chi connectivity index (χ3v) is 5.96. The van der Waals surface area contributed by atoms with Crippen molar-refractivity contribution in [3.05, 3.63) is 0 Å². The number of nitrogens with two attached hydrogens (primary N) is 1. The van der Waals surface area contributed by atoms with Gasteiger partial charge in [-0.15, -0.1) is 0 Å². The van der Waals surface area contributed by atoms with Gasteiger partial charge < -0.3 is 15.2 Å². The Morgan fingerprint density at radius 1 is 1.55 bits per heavy atom. The average molecular weight is 299 g/mol. The molecular formula is C14H25N3O2S. The molecule has 1 rings (SSSR count). The van der Waals surface area contributed by atoms with Crippen molar-refractivity contribution < 1.29 is 9.35 Å². The highest BCUT2D eigenvalue weighted by Gasteiger charge is 2.42. The zero-order valence-corrected chi connectivity index (χ0v) is 13.7. The molecule has 1 unspecified atom stereocenters. The van der Waals surface area contributed by atoms with Crippen LogP contribution in [-0.4, -0.2) is 44.0 Å². The van der Waals surface area contributed by atoms with Crippen molar-refractivity contribution in [1.82, 2.24) is 4.90 Å². The normalized spacial score (nSPS) is 29.9. The molecule has 0 aromatic carbocycles. The molecule has 0 aromatic heterocycles. The first kappa shape index (κ1) is 17.3. The molecule has 0 aromatic rings. The van der Waals surface area contributed by atoms with Gasteiger partial charge in [0.1, 0.15) is 22.6 Å². The number of carbonyl (C=O) groups excluding carboxylic acids is 1. The predicted octanol–water partition coefficient (Wildman–Crippen LogP) is 1.01. The summed E-state index contributed by atoms with van der Waals surface area (Å²) in [5, 5.41) is 9.17. The van der Waals surface area contributed by atoms with Crippen molar-refractivity contribution in [2.75, 3.05) is 5.75 Å². The fourth-order valence-corrected chi connectivity index (χ4v) is 3.33. The SMILES string of the molecule is C[C@H]1C[C@@H](C#N)N(C(=O)[C@@H](N)C[S+]([O-])C(C)(C)C)[C@H]1C. The predicted molar refractivity (Wildman–Crippen MR) is 80.2 cm³/mol. The van der Waals surface area contributed by atoms with Gasteiger partial charge in [-0.2, -0.15) is 5.26 Å². The van der Waals surface area contributed by atoms with E-state index in [1.54, 1.807) is 4.90 Å². The topological polar surface area (TPSA) is 93.2 Å². The molecule has 1 amide bonds. The molecule has 1 aliphatic heterocycles. The van der Waals surface area contributed by atoms with E-state index in [0.29, 0.717) is 6.42 Å². The third-order valence-electron chi connectivity index (χ3n) is 3.93. The van der Waals surface area contributed by atoms with E-state index < -0.39 is 28.0 Å². The van der Waals surface area contributed by atoms with Crippen molar-refractivity contribution in [3.63, 3.8) is 0 Å². The Hall–Kier alpha value is -0.770. The summed E-state index contributed by atoms with van der Waals surface area (Å²) in [6, 6.07) is 0.947. The molecule has 5 atom stereocenters. The zero-order chi connectivity index (χ0) is 15.7. The summed E-state index contributed by atoms with van der Waals surface area (Å²) in [7, 11) is 0. The van der Waals surface area contributed by atoms with Gasteiger partial charge >= 0.3 is 0 Å². The number of likely N-dealkylation sites (tertiary alicyclic amines) is 1. The first-order valence-electron chi connectivity index (χ1n) is 6.95. The van der Waals surface area contributed by atoms with E-state index >= 15 is 0 Å². The molecule has 5 nitrogen and oxygen atoms in total. The van der Waals surface area contributed by atoms with Gasteiger partial charge in [-0.25, -0.2) is 0 Å². The van der Waals surface area contributed by atoms with E-state index in [4.69, 9.17) is 11.0 Å². The van der Waals surface area contributed by atoms with Crippen molar-refractivity contribution in [2.24, 2.45) is 11.7 Å². The van der Waals surface area contributed by atoms with Gasteiger partial charge in [-0.05, 0) is 51.2 Å². The maximum absolute atomic E-state index is 12.4. The highest BCUT2D eigenvalue weighted by Crippen LogP contribution is 2.30.